The van der Waals surface area contributed by atoms with Gasteiger partial charge in [-0.2, -0.15) is 0 Å². The Morgan fingerprint density at radius 3 is 2.42 bits per heavy atom. The maximum absolute atomic E-state index is 9.17. The molecule has 0 amide bonds. The zero-order valence-corrected chi connectivity index (χ0v) is 8.80. The van der Waals surface area contributed by atoms with Gasteiger partial charge in [-0.05, 0) is 32.6 Å². The molecule has 1 heteroatoms. The Hall–Kier alpha value is -0.300. The molecule has 0 saturated heterocycles. The zero-order chi connectivity index (χ0) is 9.56. The summed E-state index contributed by atoms with van der Waals surface area (Å²) in [5.41, 5.74) is 1.41. The molecule has 1 nitrogen and oxygen atoms in total. The summed E-state index contributed by atoms with van der Waals surface area (Å²) >= 11 is 0. The minimum atomic E-state index is -0.176. The van der Waals surface area contributed by atoms with Crippen LogP contribution in [0.3, 0.4) is 0 Å². The lowest BCUT2D eigenvalue weighted by Crippen LogP contribution is -2.07. The molecule has 0 radical (unpaired) electrons. The van der Waals surface area contributed by atoms with Gasteiger partial charge >= 0.3 is 0 Å². The highest BCUT2D eigenvalue weighted by Crippen LogP contribution is 2.16. The Morgan fingerprint density at radius 2 is 2.00 bits per heavy atom. The second kappa shape index (κ2) is 6.24. The van der Waals surface area contributed by atoms with Crippen molar-refractivity contribution in [1.82, 2.24) is 0 Å². The van der Waals surface area contributed by atoms with Gasteiger partial charge < -0.3 is 5.11 Å². The minimum absolute atomic E-state index is 0.176. The first kappa shape index (κ1) is 11.7. The molecule has 12 heavy (non-hydrogen) atoms. The number of allylic oxidation sites excluding steroid dienone is 2. The van der Waals surface area contributed by atoms with Crippen molar-refractivity contribution in [2.75, 3.05) is 0 Å². The molecule has 0 fully saturated rings. The summed E-state index contributed by atoms with van der Waals surface area (Å²) in [6, 6.07) is 0. The molecule has 0 heterocycles. The van der Waals surface area contributed by atoms with E-state index in [1.165, 1.54) is 12.0 Å². The van der Waals surface area contributed by atoms with Crippen molar-refractivity contribution in [2.45, 2.75) is 53.1 Å². The van der Waals surface area contributed by atoms with Crippen molar-refractivity contribution in [2.24, 2.45) is 5.92 Å². The van der Waals surface area contributed by atoms with E-state index in [1.807, 2.05) is 6.92 Å². The first-order valence-corrected chi connectivity index (χ1v) is 4.92. The zero-order valence-electron chi connectivity index (χ0n) is 8.80. The van der Waals surface area contributed by atoms with Crippen LogP contribution in [-0.4, -0.2) is 11.2 Å². The lowest BCUT2D eigenvalue weighted by molar-refractivity contribution is 0.170. The van der Waals surface area contributed by atoms with E-state index < -0.39 is 0 Å². The molecule has 1 N–H and O–H groups in total. The van der Waals surface area contributed by atoms with Crippen LogP contribution in [0.4, 0.5) is 0 Å². The molecular formula is C11H22O. The molecule has 0 aliphatic rings. The van der Waals surface area contributed by atoms with Crippen LogP contribution in [0.2, 0.25) is 0 Å². The Labute approximate surface area is 76.5 Å². The van der Waals surface area contributed by atoms with Crippen molar-refractivity contribution in [1.29, 1.82) is 0 Å². The van der Waals surface area contributed by atoms with Crippen molar-refractivity contribution in [3.63, 3.8) is 0 Å². The van der Waals surface area contributed by atoms with Gasteiger partial charge in [0.05, 0.1) is 6.10 Å². The molecule has 0 bridgehead atoms. The minimum Gasteiger partial charge on any atom is -0.393 e. The van der Waals surface area contributed by atoms with Gasteiger partial charge in [0.1, 0.15) is 0 Å². The first-order chi connectivity index (χ1) is 5.57. The van der Waals surface area contributed by atoms with Crippen LogP contribution in [-0.2, 0) is 0 Å². The summed E-state index contributed by atoms with van der Waals surface area (Å²) in [6.45, 7) is 8.36. The highest BCUT2D eigenvalue weighted by molar-refractivity contribution is 5.02. The third-order valence-corrected chi connectivity index (χ3v) is 2.23. The number of hydrogen-bond donors (Lipinski definition) is 1. The molecule has 0 aliphatic carbocycles. The van der Waals surface area contributed by atoms with E-state index in [1.54, 1.807) is 0 Å². The number of unbranched alkanes of at least 4 members (excludes halogenated alkanes) is 1. The molecule has 0 aromatic rings. The third-order valence-electron chi connectivity index (χ3n) is 2.23. The Balaban J connectivity index is 3.82. The summed E-state index contributed by atoms with van der Waals surface area (Å²) < 4.78 is 0. The molecule has 0 saturated carbocycles. The fraction of sp³-hybridized carbons (Fsp3) is 0.818. The maximum atomic E-state index is 9.17. The van der Waals surface area contributed by atoms with Gasteiger partial charge in [-0.15, -0.1) is 0 Å². The van der Waals surface area contributed by atoms with Gasteiger partial charge in [0.15, 0.2) is 0 Å². The van der Waals surface area contributed by atoms with Crippen molar-refractivity contribution in [3.8, 4) is 0 Å². The molecule has 0 spiro atoms. The summed E-state index contributed by atoms with van der Waals surface area (Å²) in [6.07, 6.45) is 5.36. The van der Waals surface area contributed by atoms with E-state index in [4.69, 9.17) is 5.11 Å². The molecule has 0 aromatic heterocycles. The van der Waals surface area contributed by atoms with Crippen molar-refractivity contribution < 1.29 is 5.11 Å². The van der Waals surface area contributed by atoms with Crippen LogP contribution in [0.15, 0.2) is 11.6 Å². The lowest BCUT2D eigenvalue weighted by atomic mass is 9.95. The highest BCUT2D eigenvalue weighted by Gasteiger charge is 2.06. The largest absolute Gasteiger partial charge is 0.393 e. The first-order valence-electron chi connectivity index (χ1n) is 4.92. The fourth-order valence-electron chi connectivity index (χ4n) is 1.27. The fourth-order valence-corrected chi connectivity index (χ4v) is 1.27. The molecular weight excluding hydrogens is 148 g/mol. The highest BCUT2D eigenvalue weighted by atomic mass is 16.3. The quantitative estimate of drug-likeness (QED) is 0.628. The third kappa shape index (κ3) is 5.36. The van der Waals surface area contributed by atoms with E-state index in [9.17, 15) is 0 Å². The number of aliphatic hydroxyl groups is 1. The molecule has 0 rings (SSSR count). The molecule has 2 unspecified atom stereocenters. The predicted octanol–water partition coefficient (Wildman–Crippen LogP) is 3.14. The van der Waals surface area contributed by atoms with Crippen LogP contribution in [0, 0.1) is 5.92 Å². The van der Waals surface area contributed by atoms with Gasteiger partial charge in [0.2, 0.25) is 0 Å². The Kier molecular flexibility index (Phi) is 6.09. The van der Waals surface area contributed by atoms with Crippen LogP contribution in [0.25, 0.3) is 0 Å². The van der Waals surface area contributed by atoms with Gasteiger partial charge in [-0.1, -0.05) is 31.9 Å². The molecule has 0 aromatic carbocycles. The van der Waals surface area contributed by atoms with Gasteiger partial charge in [-0.25, -0.2) is 0 Å². The molecule has 0 aliphatic heterocycles. The van der Waals surface area contributed by atoms with Crippen molar-refractivity contribution in [3.05, 3.63) is 11.6 Å². The van der Waals surface area contributed by atoms with E-state index >= 15 is 0 Å². The average Bonchev–Trinajstić information content (AvgIpc) is 1.98. The van der Waals surface area contributed by atoms with Crippen molar-refractivity contribution >= 4 is 0 Å². The van der Waals surface area contributed by atoms with Gasteiger partial charge in [-0.3, -0.25) is 0 Å². The Bertz CT molecular complexity index is 136. The summed E-state index contributed by atoms with van der Waals surface area (Å²) in [4.78, 5) is 0. The number of hydrogen-bond acceptors (Lipinski definition) is 1. The number of aliphatic hydroxyl groups excluding tert-OH is 1. The second-order valence-corrected chi connectivity index (χ2v) is 3.72. The van der Waals surface area contributed by atoms with Crippen LogP contribution < -0.4 is 0 Å². The average molecular weight is 170 g/mol. The summed E-state index contributed by atoms with van der Waals surface area (Å²) in [5.74, 6) is 0.525. The predicted molar refractivity (Wildman–Crippen MR) is 54.1 cm³/mol. The maximum Gasteiger partial charge on any atom is 0.0517 e. The van der Waals surface area contributed by atoms with E-state index in [0.717, 1.165) is 12.8 Å². The second-order valence-electron chi connectivity index (χ2n) is 3.72. The van der Waals surface area contributed by atoms with Crippen LogP contribution >= 0.6 is 0 Å². The molecule has 2 atom stereocenters. The SMILES string of the molecule is CCC/C=C(\C)C(C)CC(C)O. The smallest absolute Gasteiger partial charge is 0.0517 e. The lowest BCUT2D eigenvalue weighted by Gasteiger charge is -2.13. The summed E-state index contributed by atoms with van der Waals surface area (Å²) in [5, 5.41) is 9.17. The van der Waals surface area contributed by atoms with E-state index in [0.29, 0.717) is 5.92 Å². The van der Waals surface area contributed by atoms with Crippen LogP contribution in [0.1, 0.15) is 47.0 Å². The standard InChI is InChI=1S/C11H22O/c1-5-6-7-9(2)10(3)8-11(4)12/h7,10-12H,5-6,8H2,1-4H3/b9-7+. The van der Waals surface area contributed by atoms with Gasteiger partial charge in [0, 0.05) is 0 Å². The monoisotopic (exact) mass is 170 g/mol. The normalized spacial score (nSPS) is 17.6. The summed E-state index contributed by atoms with van der Waals surface area (Å²) in [7, 11) is 0. The Morgan fingerprint density at radius 1 is 1.42 bits per heavy atom. The van der Waals surface area contributed by atoms with Crippen LogP contribution in [0.5, 0.6) is 0 Å². The van der Waals surface area contributed by atoms with Gasteiger partial charge in [0.25, 0.3) is 0 Å². The molecule has 72 valence electrons. The van der Waals surface area contributed by atoms with E-state index in [2.05, 4.69) is 26.8 Å². The van der Waals surface area contributed by atoms with E-state index in [-0.39, 0.29) is 6.10 Å². The number of rotatable bonds is 5. The topological polar surface area (TPSA) is 20.2 Å².